The van der Waals surface area contributed by atoms with Gasteiger partial charge in [0.15, 0.2) is 0 Å². The normalized spacial score (nSPS) is 19.9. The maximum Gasteiger partial charge on any atom is 0.138 e. The predicted octanol–water partition coefficient (Wildman–Crippen LogP) is 3.19. The lowest BCUT2D eigenvalue weighted by Crippen LogP contribution is -2.30. The van der Waals surface area contributed by atoms with Crippen LogP contribution < -0.4 is 0 Å². The van der Waals surface area contributed by atoms with Crippen LogP contribution in [-0.2, 0) is 13.0 Å². The Morgan fingerprint density at radius 2 is 2.12 bits per heavy atom. The van der Waals surface area contributed by atoms with Crippen molar-refractivity contribution in [3.05, 3.63) is 12.2 Å². The quantitative estimate of drug-likeness (QED) is 0.796. The molecule has 0 radical (unpaired) electrons. The molecule has 16 heavy (non-hydrogen) atoms. The summed E-state index contributed by atoms with van der Waals surface area (Å²) in [6.07, 6.45) is 9.55. The fraction of sp³-hybridized carbons (Fsp3) is 0.833. The van der Waals surface area contributed by atoms with E-state index in [2.05, 4.69) is 32.9 Å². The average Bonchev–Trinajstić information content (AvgIpc) is 2.77. The fourth-order valence-electron chi connectivity index (χ4n) is 2.68. The third kappa shape index (κ3) is 2.47. The molecule has 0 N–H and O–H groups in total. The van der Waals surface area contributed by atoms with Crippen molar-refractivity contribution < 1.29 is 0 Å². The van der Waals surface area contributed by atoms with Crippen molar-refractivity contribution in [2.45, 2.75) is 52.0 Å². The molecular weight excluding hydrogens is 266 g/mol. The van der Waals surface area contributed by atoms with Gasteiger partial charge in [-0.3, -0.25) is 4.68 Å². The predicted molar refractivity (Wildman–Crippen MR) is 68.7 cm³/mol. The number of halogens is 1. The van der Waals surface area contributed by atoms with Gasteiger partial charge in [-0.1, -0.05) is 35.2 Å². The molecule has 0 aliphatic heterocycles. The second kappa shape index (κ2) is 5.30. The third-order valence-corrected chi connectivity index (χ3v) is 4.92. The molecule has 0 amide bonds. The highest BCUT2D eigenvalue weighted by Gasteiger charge is 2.32. The smallest absolute Gasteiger partial charge is 0.138 e. The van der Waals surface area contributed by atoms with Gasteiger partial charge >= 0.3 is 0 Å². The highest BCUT2D eigenvalue weighted by atomic mass is 79.9. The van der Waals surface area contributed by atoms with Crippen molar-refractivity contribution in [2.24, 2.45) is 5.41 Å². The number of aryl methyl sites for hydroxylation is 1. The summed E-state index contributed by atoms with van der Waals surface area (Å²) in [5.41, 5.74) is 0.429. The van der Waals surface area contributed by atoms with Gasteiger partial charge < -0.3 is 0 Å². The summed E-state index contributed by atoms with van der Waals surface area (Å²) in [4.78, 5) is 4.41. The van der Waals surface area contributed by atoms with Gasteiger partial charge in [0, 0.05) is 18.3 Å². The van der Waals surface area contributed by atoms with Crippen LogP contribution >= 0.6 is 15.9 Å². The van der Waals surface area contributed by atoms with E-state index in [1.54, 1.807) is 6.33 Å². The minimum Gasteiger partial charge on any atom is -0.250 e. The second-order valence-corrected chi connectivity index (χ2v) is 5.42. The highest BCUT2D eigenvalue weighted by molar-refractivity contribution is 9.09. The average molecular weight is 286 g/mol. The molecule has 0 unspecified atom stereocenters. The molecule has 1 heterocycles. The number of aromatic nitrogens is 3. The van der Waals surface area contributed by atoms with Crippen molar-refractivity contribution in [1.82, 2.24) is 14.8 Å². The zero-order valence-corrected chi connectivity index (χ0v) is 11.5. The molecule has 90 valence electrons. The highest BCUT2D eigenvalue weighted by Crippen LogP contribution is 2.40. The van der Waals surface area contributed by atoms with Crippen molar-refractivity contribution in [2.75, 3.05) is 5.33 Å². The first-order valence-corrected chi connectivity index (χ1v) is 7.34. The summed E-state index contributed by atoms with van der Waals surface area (Å²) >= 11 is 3.70. The Balaban J connectivity index is 2.11. The first-order valence-electron chi connectivity index (χ1n) is 6.22. The van der Waals surface area contributed by atoms with E-state index in [1.807, 2.05) is 4.68 Å². The molecule has 0 bridgehead atoms. The lowest BCUT2D eigenvalue weighted by molar-refractivity contribution is 0.216. The van der Waals surface area contributed by atoms with Crippen LogP contribution in [0.1, 0.15) is 44.9 Å². The molecule has 2 rings (SSSR count). The van der Waals surface area contributed by atoms with Gasteiger partial charge in [-0.25, -0.2) is 4.98 Å². The van der Waals surface area contributed by atoms with Gasteiger partial charge in [-0.2, -0.15) is 5.10 Å². The van der Waals surface area contributed by atoms with E-state index >= 15 is 0 Å². The van der Waals surface area contributed by atoms with E-state index in [9.17, 15) is 0 Å². The zero-order valence-electron chi connectivity index (χ0n) is 9.95. The van der Waals surface area contributed by atoms with Crippen LogP contribution in [-0.4, -0.2) is 20.1 Å². The van der Waals surface area contributed by atoms with Crippen molar-refractivity contribution >= 4 is 15.9 Å². The van der Waals surface area contributed by atoms with Crippen molar-refractivity contribution in [1.29, 1.82) is 0 Å². The number of hydrogen-bond acceptors (Lipinski definition) is 2. The lowest BCUT2D eigenvalue weighted by atomic mass is 9.73. The van der Waals surface area contributed by atoms with Gasteiger partial charge in [0.2, 0.25) is 0 Å². The van der Waals surface area contributed by atoms with Crippen LogP contribution in [0.5, 0.6) is 0 Å². The zero-order chi connectivity index (χ0) is 11.4. The van der Waals surface area contributed by atoms with Gasteiger partial charge in [-0.15, -0.1) is 0 Å². The second-order valence-electron chi connectivity index (χ2n) is 4.86. The monoisotopic (exact) mass is 285 g/mol. The van der Waals surface area contributed by atoms with Crippen LogP contribution in [0.3, 0.4) is 0 Å². The van der Waals surface area contributed by atoms with Gasteiger partial charge in [0.25, 0.3) is 0 Å². The Morgan fingerprint density at radius 3 is 2.75 bits per heavy atom. The van der Waals surface area contributed by atoms with E-state index in [0.717, 1.165) is 24.1 Å². The van der Waals surface area contributed by atoms with Crippen molar-refractivity contribution in [3.8, 4) is 0 Å². The number of nitrogens with zero attached hydrogens (tertiary/aromatic N) is 3. The molecule has 1 aromatic rings. The molecular formula is C12H20BrN3. The Kier molecular flexibility index (Phi) is 4.00. The first kappa shape index (κ1) is 12.1. The molecule has 1 aliphatic carbocycles. The Morgan fingerprint density at radius 1 is 1.38 bits per heavy atom. The van der Waals surface area contributed by atoms with Gasteiger partial charge in [0.1, 0.15) is 12.2 Å². The topological polar surface area (TPSA) is 30.7 Å². The van der Waals surface area contributed by atoms with Crippen LogP contribution in [0, 0.1) is 5.41 Å². The molecule has 0 atom stereocenters. The van der Waals surface area contributed by atoms with Gasteiger partial charge in [-0.05, 0) is 25.2 Å². The van der Waals surface area contributed by atoms with E-state index in [4.69, 9.17) is 0 Å². The van der Waals surface area contributed by atoms with E-state index in [-0.39, 0.29) is 0 Å². The summed E-state index contributed by atoms with van der Waals surface area (Å²) in [6, 6.07) is 0. The van der Waals surface area contributed by atoms with Crippen LogP contribution in [0.25, 0.3) is 0 Å². The van der Waals surface area contributed by atoms with E-state index in [0.29, 0.717) is 5.41 Å². The maximum absolute atomic E-state index is 4.41. The molecule has 1 aliphatic rings. The molecule has 1 fully saturated rings. The van der Waals surface area contributed by atoms with Gasteiger partial charge in [0.05, 0.1) is 0 Å². The summed E-state index contributed by atoms with van der Waals surface area (Å²) in [6.45, 7) is 3.05. The summed E-state index contributed by atoms with van der Waals surface area (Å²) < 4.78 is 2.03. The Labute approximate surface area is 106 Å². The minimum absolute atomic E-state index is 0.429. The van der Waals surface area contributed by atoms with E-state index in [1.165, 1.54) is 32.1 Å². The summed E-state index contributed by atoms with van der Waals surface area (Å²) in [7, 11) is 0. The molecule has 1 aromatic heterocycles. The standard InChI is InChI=1S/C12H20BrN3/c1-2-16-11(14-10-15-16)8-12(9-13)6-4-3-5-7-12/h10H,2-9H2,1H3. The van der Waals surface area contributed by atoms with Crippen LogP contribution in [0.4, 0.5) is 0 Å². The van der Waals surface area contributed by atoms with Crippen molar-refractivity contribution in [3.63, 3.8) is 0 Å². The summed E-state index contributed by atoms with van der Waals surface area (Å²) in [5, 5.41) is 5.35. The Hall–Kier alpha value is -0.380. The Bertz CT molecular complexity index is 329. The fourth-order valence-corrected chi connectivity index (χ4v) is 3.44. The third-order valence-electron chi connectivity index (χ3n) is 3.73. The van der Waals surface area contributed by atoms with Crippen LogP contribution in [0.15, 0.2) is 6.33 Å². The largest absolute Gasteiger partial charge is 0.250 e. The number of hydrogen-bond donors (Lipinski definition) is 0. The number of alkyl halides is 1. The number of rotatable bonds is 4. The molecule has 0 spiro atoms. The summed E-state index contributed by atoms with van der Waals surface area (Å²) in [5.74, 6) is 1.16. The maximum atomic E-state index is 4.41. The van der Waals surface area contributed by atoms with E-state index < -0.39 is 0 Å². The van der Waals surface area contributed by atoms with Crippen LogP contribution in [0.2, 0.25) is 0 Å². The lowest BCUT2D eigenvalue weighted by Gasteiger charge is -2.35. The SMILES string of the molecule is CCn1ncnc1CC1(CBr)CCCCC1. The molecule has 3 nitrogen and oxygen atoms in total. The molecule has 0 aromatic carbocycles. The molecule has 1 saturated carbocycles. The minimum atomic E-state index is 0.429. The first-order chi connectivity index (χ1) is 7.79. The molecule has 0 saturated heterocycles. The molecule has 4 heteroatoms.